The van der Waals surface area contributed by atoms with E-state index in [1.165, 1.54) is 0 Å². The average molecular weight is 427 g/mol. The van der Waals surface area contributed by atoms with Gasteiger partial charge in [0.25, 0.3) is 0 Å². The van der Waals surface area contributed by atoms with Crippen LogP contribution in [0.1, 0.15) is 12.8 Å². The maximum Gasteiger partial charge on any atom is 0.146 e. The monoisotopic (exact) mass is 426 g/mol. The number of ether oxygens (including phenoxy) is 4. The van der Waals surface area contributed by atoms with Gasteiger partial charge in [0.05, 0.1) is 22.8 Å². The van der Waals surface area contributed by atoms with Crippen molar-refractivity contribution in [3.05, 3.63) is 60.0 Å². The summed E-state index contributed by atoms with van der Waals surface area (Å²) in [5, 5.41) is 3.08. The highest BCUT2D eigenvalue weighted by Gasteiger charge is 2.11. The van der Waals surface area contributed by atoms with Crippen molar-refractivity contribution in [2.45, 2.75) is 12.8 Å². The Kier molecular flexibility index (Phi) is 7.75. The van der Waals surface area contributed by atoms with Crippen LogP contribution in [-0.4, -0.2) is 33.5 Å². The largest absolute Gasteiger partial charge is 0.488 e. The predicted molar refractivity (Wildman–Crippen MR) is 123 cm³/mol. The summed E-state index contributed by atoms with van der Waals surface area (Å²) >= 11 is 0. The van der Waals surface area contributed by atoms with Gasteiger partial charge in [0.1, 0.15) is 49.4 Å². The second-order valence-electron chi connectivity index (χ2n) is 6.87. The van der Waals surface area contributed by atoms with Crippen LogP contribution >= 0.6 is 0 Å². The van der Waals surface area contributed by atoms with E-state index in [0.717, 1.165) is 18.5 Å². The Bertz CT molecular complexity index is 943. The lowest BCUT2D eigenvalue weighted by Gasteiger charge is -2.17. The number of rotatable bonds is 11. The highest BCUT2D eigenvalue weighted by molar-refractivity contribution is 5.69. The molecule has 0 heterocycles. The third-order valence-electron chi connectivity index (χ3n) is 4.64. The number of nitrogens with one attached hydrogen (secondary N) is 1. The summed E-state index contributed by atoms with van der Waals surface area (Å²) in [7, 11) is 1.80. The molecule has 0 aromatic heterocycles. The Hall–Kier alpha value is -3.68. The SMILES string of the molecule is CNc1cc(N)c(OCCOc2ccccc2N)cc1OCCOC1=CCCC=C1N. The fourth-order valence-electron chi connectivity index (χ4n) is 3.05. The zero-order valence-electron chi connectivity index (χ0n) is 17.7. The second-order valence-corrected chi connectivity index (χ2v) is 6.87. The van der Waals surface area contributed by atoms with Crippen molar-refractivity contribution in [2.24, 2.45) is 5.73 Å². The van der Waals surface area contributed by atoms with Crippen LogP contribution < -0.4 is 36.7 Å². The maximum atomic E-state index is 6.12. The topological polar surface area (TPSA) is 127 Å². The van der Waals surface area contributed by atoms with Crippen LogP contribution in [0.25, 0.3) is 0 Å². The summed E-state index contributed by atoms with van der Waals surface area (Å²) in [5.41, 5.74) is 20.4. The summed E-state index contributed by atoms with van der Waals surface area (Å²) in [6.07, 6.45) is 5.84. The van der Waals surface area contributed by atoms with Gasteiger partial charge in [0.2, 0.25) is 0 Å². The zero-order chi connectivity index (χ0) is 22.1. The van der Waals surface area contributed by atoms with E-state index in [1.54, 1.807) is 25.2 Å². The van der Waals surface area contributed by atoms with Crippen molar-refractivity contribution < 1.29 is 18.9 Å². The summed E-state index contributed by atoms with van der Waals surface area (Å²) < 4.78 is 23.0. The van der Waals surface area contributed by atoms with Gasteiger partial charge in [-0.2, -0.15) is 0 Å². The molecule has 2 aromatic carbocycles. The number of hydrogen-bond acceptors (Lipinski definition) is 8. The Morgan fingerprint density at radius 3 is 2.10 bits per heavy atom. The lowest BCUT2D eigenvalue weighted by molar-refractivity contribution is 0.159. The van der Waals surface area contributed by atoms with E-state index in [0.29, 0.717) is 66.5 Å². The lowest BCUT2D eigenvalue weighted by Crippen LogP contribution is -2.13. The number of anilines is 3. The van der Waals surface area contributed by atoms with Crippen LogP contribution in [0.3, 0.4) is 0 Å². The first-order valence-corrected chi connectivity index (χ1v) is 10.2. The van der Waals surface area contributed by atoms with Gasteiger partial charge < -0.3 is 41.5 Å². The van der Waals surface area contributed by atoms with E-state index in [-0.39, 0.29) is 0 Å². The van der Waals surface area contributed by atoms with Crippen LogP contribution in [-0.2, 0) is 4.74 Å². The van der Waals surface area contributed by atoms with Gasteiger partial charge in [-0.15, -0.1) is 0 Å². The standard InChI is InChI=1S/C23H30N4O4/c1-27-19-14-18(26)22(30-12-10-28-20-8-4-2-6-16(20)24)15-23(19)31-13-11-29-21-9-5-3-7-17(21)25/h2,4,6-9,14-15,27H,3,5,10-13,24-26H2,1H3. The van der Waals surface area contributed by atoms with Crippen molar-refractivity contribution >= 4 is 17.1 Å². The molecule has 8 nitrogen and oxygen atoms in total. The van der Waals surface area contributed by atoms with Gasteiger partial charge >= 0.3 is 0 Å². The molecule has 166 valence electrons. The molecule has 0 spiro atoms. The summed E-state index contributed by atoms with van der Waals surface area (Å²) in [6, 6.07) is 10.8. The number of nitrogen functional groups attached to an aromatic ring is 2. The molecule has 0 bridgehead atoms. The highest BCUT2D eigenvalue weighted by Crippen LogP contribution is 2.35. The molecular formula is C23H30N4O4. The molecule has 2 aromatic rings. The van der Waals surface area contributed by atoms with E-state index in [9.17, 15) is 0 Å². The van der Waals surface area contributed by atoms with Crippen LogP contribution in [0.5, 0.6) is 17.2 Å². The van der Waals surface area contributed by atoms with Gasteiger partial charge in [-0.05, 0) is 37.1 Å². The van der Waals surface area contributed by atoms with E-state index >= 15 is 0 Å². The Labute approximate surface area is 182 Å². The molecule has 0 amide bonds. The molecule has 8 heteroatoms. The minimum atomic E-state index is 0.305. The fraction of sp³-hybridized carbons (Fsp3) is 0.304. The number of hydrogen-bond donors (Lipinski definition) is 4. The minimum Gasteiger partial charge on any atom is -0.488 e. The Morgan fingerprint density at radius 2 is 1.39 bits per heavy atom. The predicted octanol–water partition coefficient (Wildman–Crippen LogP) is 3.27. The van der Waals surface area contributed by atoms with Crippen LogP contribution in [0.15, 0.2) is 60.0 Å². The zero-order valence-corrected chi connectivity index (χ0v) is 17.7. The smallest absolute Gasteiger partial charge is 0.146 e. The second kappa shape index (κ2) is 10.9. The number of para-hydroxylation sites is 2. The molecule has 7 N–H and O–H groups in total. The molecule has 0 unspecified atom stereocenters. The molecule has 0 radical (unpaired) electrons. The molecular weight excluding hydrogens is 396 g/mol. The average Bonchev–Trinajstić information content (AvgIpc) is 2.77. The minimum absolute atomic E-state index is 0.305. The molecule has 0 fully saturated rings. The van der Waals surface area contributed by atoms with Gasteiger partial charge in [-0.3, -0.25) is 0 Å². The van der Waals surface area contributed by atoms with Crippen molar-refractivity contribution in [3.8, 4) is 17.2 Å². The molecule has 0 aliphatic heterocycles. The lowest BCUT2D eigenvalue weighted by atomic mass is 10.1. The molecule has 0 saturated carbocycles. The first-order valence-electron chi connectivity index (χ1n) is 10.2. The highest BCUT2D eigenvalue weighted by atomic mass is 16.5. The molecule has 1 aliphatic carbocycles. The molecule has 1 aliphatic rings. The molecule has 0 atom stereocenters. The van der Waals surface area contributed by atoms with Gasteiger partial charge in [-0.1, -0.05) is 18.2 Å². The molecule has 0 saturated heterocycles. The third-order valence-corrected chi connectivity index (χ3v) is 4.64. The van der Waals surface area contributed by atoms with E-state index in [1.807, 2.05) is 30.4 Å². The number of nitrogens with two attached hydrogens (primary N) is 3. The van der Waals surface area contributed by atoms with Crippen molar-refractivity contribution in [3.63, 3.8) is 0 Å². The number of benzene rings is 2. The van der Waals surface area contributed by atoms with Gasteiger partial charge in [0.15, 0.2) is 0 Å². The quantitative estimate of drug-likeness (QED) is 0.318. The first kappa shape index (κ1) is 22.0. The normalized spacial score (nSPS) is 13.1. The van der Waals surface area contributed by atoms with Crippen molar-refractivity contribution in [1.29, 1.82) is 0 Å². The van der Waals surface area contributed by atoms with E-state index in [2.05, 4.69) is 5.32 Å². The first-order chi connectivity index (χ1) is 15.1. The number of allylic oxidation sites excluding steroid dienone is 2. The van der Waals surface area contributed by atoms with Crippen LogP contribution in [0.2, 0.25) is 0 Å². The maximum absolute atomic E-state index is 6.12. The Morgan fingerprint density at radius 1 is 0.742 bits per heavy atom. The van der Waals surface area contributed by atoms with E-state index < -0.39 is 0 Å². The summed E-state index contributed by atoms with van der Waals surface area (Å²) in [4.78, 5) is 0. The van der Waals surface area contributed by atoms with Crippen molar-refractivity contribution in [2.75, 3.05) is 50.3 Å². The fourth-order valence-corrected chi connectivity index (χ4v) is 3.05. The Balaban J connectivity index is 1.52. The van der Waals surface area contributed by atoms with Crippen LogP contribution in [0, 0.1) is 0 Å². The van der Waals surface area contributed by atoms with E-state index in [4.69, 9.17) is 36.1 Å². The molecule has 31 heavy (non-hydrogen) atoms. The summed E-state index contributed by atoms with van der Waals surface area (Å²) in [6.45, 7) is 1.35. The summed E-state index contributed by atoms with van der Waals surface area (Å²) in [5.74, 6) is 2.47. The van der Waals surface area contributed by atoms with Crippen LogP contribution in [0.4, 0.5) is 17.1 Å². The van der Waals surface area contributed by atoms with Gasteiger partial charge in [0, 0.05) is 13.1 Å². The van der Waals surface area contributed by atoms with Crippen molar-refractivity contribution in [1.82, 2.24) is 0 Å². The molecule has 3 rings (SSSR count). The third kappa shape index (κ3) is 6.15. The van der Waals surface area contributed by atoms with Gasteiger partial charge in [-0.25, -0.2) is 0 Å².